The van der Waals surface area contributed by atoms with Crippen molar-refractivity contribution in [2.24, 2.45) is 0 Å². The van der Waals surface area contributed by atoms with Crippen molar-refractivity contribution in [2.45, 2.75) is 17.7 Å². The number of nitrogens with one attached hydrogen (secondary N) is 2. The number of amides is 3. The summed E-state index contributed by atoms with van der Waals surface area (Å²) in [6.45, 7) is 0.0806. The van der Waals surface area contributed by atoms with Gasteiger partial charge in [0.15, 0.2) is 5.82 Å². The summed E-state index contributed by atoms with van der Waals surface area (Å²) in [4.78, 5) is 47.5. The first-order valence-corrected chi connectivity index (χ1v) is 14.0. The molecule has 0 aliphatic carbocycles. The number of anilines is 2. The van der Waals surface area contributed by atoms with Crippen molar-refractivity contribution >= 4 is 50.0 Å². The Hall–Kier alpha value is -5.04. The van der Waals surface area contributed by atoms with E-state index in [1.807, 2.05) is 12.1 Å². The predicted octanol–water partition coefficient (Wildman–Crippen LogP) is 3.46. The zero-order valence-electron chi connectivity index (χ0n) is 22.1. The summed E-state index contributed by atoms with van der Waals surface area (Å²) in [5, 5.41) is 4.17. The number of ether oxygens (including phenoxy) is 2. The lowest BCUT2D eigenvalue weighted by atomic mass is 9.94. The number of imide groups is 1. The van der Waals surface area contributed by atoms with E-state index in [9.17, 15) is 22.8 Å². The molecule has 41 heavy (non-hydrogen) atoms. The van der Waals surface area contributed by atoms with Gasteiger partial charge in [0.2, 0.25) is 11.8 Å². The Morgan fingerprint density at radius 2 is 1.56 bits per heavy atom. The molecule has 0 spiro atoms. The Morgan fingerprint density at radius 1 is 0.902 bits per heavy atom. The van der Waals surface area contributed by atoms with Gasteiger partial charge in [-0.15, -0.1) is 0 Å². The Kier molecular flexibility index (Phi) is 7.53. The fraction of sp³-hybridized carbons (Fsp3) is 0.179. The predicted molar refractivity (Wildman–Crippen MR) is 150 cm³/mol. The van der Waals surface area contributed by atoms with Crippen LogP contribution < -0.4 is 19.5 Å². The molecule has 1 aliphatic rings. The smallest absolute Gasteiger partial charge is 0.321 e. The summed E-state index contributed by atoms with van der Waals surface area (Å²) >= 11 is 0. The Labute approximate surface area is 235 Å². The second-order valence-electron chi connectivity index (χ2n) is 9.04. The average molecular weight is 576 g/mol. The lowest BCUT2D eigenvalue weighted by molar-refractivity contribution is -0.116. The van der Waals surface area contributed by atoms with Gasteiger partial charge in [-0.05, 0) is 48.2 Å². The molecule has 4 aromatic rings. The van der Waals surface area contributed by atoms with Crippen molar-refractivity contribution in [3.63, 3.8) is 0 Å². The maximum atomic E-state index is 13.0. The van der Waals surface area contributed by atoms with Gasteiger partial charge < -0.3 is 14.8 Å². The molecule has 0 bridgehead atoms. The number of nitrogens with zero attached hydrogens (tertiary/aromatic N) is 3. The Bertz CT molecular complexity index is 1700. The lowest BCUT2D eigenvalue weighted by Gasteiger charge is -2.27. The van der Waals surface area contributed by atoms with Gasteiger partial charge >= 0.3 is 6.01 Å². The van der Waals surface area contributed by atoms with Crippen molar-refractivity contribution in [3.05, 3.63) is 77.9 Å². The summed E-state index contributed by atoms with van der Waals surface area (Å²) < 4.78 is 38.0. The number of hydrogen-bond donors (Lipinski definition) is 2. The minimum Gasteiger partial charge on any atom is -0.481 e. The molecule has 5 rings (SSSR count). The second-order valence-corrected chi connectivity index (χ2v) is 10.7. The van der Waals surface area contributed by atoms with E-state index < -0.39 is 10.0 Å². The highest BCUT2D eigenvalue weighted by Crippen LogP contribution is 2.30. The number of carbonyl (C=O) groups is 3. The van der Waals surface area contributed by atoms with Gasteiger partial charge in [-0.25, -0.2) is 8.42 Å². The Morgan fingerprint density at radius 3 is 2.17 bits per heavy atom. The van der Waals surface area contributed by atoms with Crippen molar-refractivity contribution < 1.29 is 32.3 Å². The normalized spacial score (nSPS) is 12.8. The second kappa shape index (κ2) is 11.2. The van der Waals surface area contributed by atoms with Crippen LogP contribution in [-0.4, -0.2) is 61.8 Å². The van der Waals surface area contributed by atoms with Crippen LogP contribution in [0.5, 0.6) is 11.9 Å². The number of benzene rings is 3. The first-order chi connectivity index (χ1) is 19.7. The molecule has 0 unspecified atom stereocenters. The summed E-state index contributed by atoms with van der Waals surface area (Å²) in [7, 11) is -1.30. The number of carbonyl (C=O) groups excluding carboxylic acids is 3. The molecule has 12 nitrogen and oxygen atoms in total. The molecule has 1 aromatic heterocycles. The molecule has 210 valence electrons. The monoisotopic (exact) mass is 575 g/mol. The van der Waals surface area contributed by atoms with Crippen LogP contribution in [0.15, 0.2) is 71.6 Å². The number of methoxy groups -OCH3 is 2. The molecule has 3 amide bonds. The minimum absolute atomic E-state index is 0.0435. The van der Waals surface area contributed by atoms with Gasteiger partial charge in [0.1, 0.15) is 0 Å². The molecule has 2 N–H and O–H groups in total. The number of sulfonamides is 1. The van der Waals surface area contributed by atoms with Crippen LogP contribution in [0.25, 0.3) is 10.8 Å². The summed E-state index contributed by atoms with van der Waals surface area (Å²) in [6.07, 6.45) is 0.297. The van der Waals surface area contributed by atoms with E-state index in [-0.39, 0.29) is 59.7 Å². The van der Waals surface area contributed by atoms with E-state index in [0.29, 0.717) is 22.2 Å². The summed E-state index contributed by atoms with van der Waals surface area (Å²) in [5.41, 5.74) is 1.30. The van der Waals surface area contributed by atoms with Crippen LogP contribution in [0.1, 0.15) is 33.6 Å². The zero-order valence-corrected chi connectivity index (χ0v) is 22.9. The molecule has 3 aromatic carbocycles. The van der Waals surface area contributed by atoms with E-state index in [0.717, 1.165) is 5.39 Å². The van der Waals surface area contributed by atoms with Crippen LogP contribution >= 0.6 is 0 Å². The molecular weight excluding hydrogens is 550 g/mol. The van der Waals surface area contributed by atoms with Crippen LogP contribution in [0, 0.1) is 0 Å². The van der Waals surface area contributed by atoms with E-state index in [1.165, 1.54) is 49.5 Å². The first kappa shape index (κ1) is 27.5. The van der Waals surface area contributed by atoms with Gasteiger partial charge in [0.25, 0.3) is 21.8 Å². The molecule has 0 atom stereocenters. The topological polar surface area (TPSA) is 157 Å². The largest absolute Gasteiger partial charge is 0.481 e. The quantitative estimate of drug-likeness (QED) is 0.270. The molecule has 0 fully saturated rings. The van der Waals surface area contributed by atoms with Gasteiger partial charge in [-0.1, -0.05) is 24.3 Å². The van der Waals surface area contributed by atoms with Crippen molar-refractivity contribution in [2.75, 3.05) is 30.8 Å². The third kappa shape index (κ3) is 5.65. The average Bonchev–Trinajstić information content (AvgIpc) is 2.97. The minimum atomic E-state index is -4.01. The van der Waals surface area contributed by atoms with Gasteiger partial charge in [0.05, 0.1) is 19.1 Å². The molecule has 2 heterocycles. The van der Waals surface area contributed by atoms with Crippen LogP contribution in [0.3, 0.4) is 0 Å². The standard InChI is InChI=1S/C28H25N5O7S/c1-39-24-16-22(30-28(31-24)40-2)32-41(37,38)19-13-11-18(12-14-19)29-23(34)10-5-15-33-26(35)20-8-3-6-17-7-4-9-21(25(17)20)27(33)36/h3-4,6-9,11-14,16H,5,10,15H2,1-2H3,(H,29,34)(H,30,31,32). The highest BCUT2D eigenvalue weighted by atomic mass is 32.2. The maximum absolute atomic E-state index is 13.0. The van der Waals surface area contributed by atoms with Gasteiger partial charge in [-0.2, -0.15) is 9.97 Å². The zero-order chi connectivity index (χ0) is 29.1. The van der Waals surface area contributed by atoms with Gasteiger partial charge in [-0.3, -0.25) is 24.0 Å². The van der Waals surface area contributed by atoms with Gasteiger partial charge in [0, 0.05) is 41.2 Å². The summed E-state index contributed by atoms with van der Waals surface area (Å²) in [6, 6.07) is 17.4. The van der Waals surface area contributed by atoms with E-state index >= 15 is 0 Å². The molecule has 1 aliphatic heterocycles. The molecule has 0 saturated heterocycles. The van der Waals surface area contributed by atoms with E-state index in [2.05, 4.69) is 20.0 Å². The maximum Gasteiger partial charge on any atom is 0.321 e. The highest BCUT2D eigenvalue weighted by molar-refractivity contribution is 7.92. The SMILES string of the molecule is COc1cc(NS(=O)(=O)c2ccc(NC(=O)CCCN3C(=O)c4cccc5cccc(c45)C3=O)cc2)nc(OC)n1. The third-order valence-electron chi connectivity index (χ3n) is 6.40. The fourth-order valence-corrected chi connectivity index (χ4v) is 5.46. The highest BCUT2D eigenvalue weighted by Gasteiger charge is 2.32. The number of aromatic nitrogens is 2. The fourth-order valence-electron chi connectivity index (χ4n) is 4.47. The van der Waals surface area contributed by atoms with Crippen LogP contribution in [0.2, 0.25) is 0 Å². The molecule has 0 saturated carbocycles. The molecular formula is C28H25N5O7S. The summed E-state index contributed by atoms with van der Waals surface area (Å²) in [5.74, 6) is -1.05. The third-order valence-corrected chi connectivity index (χ3v) is 7.77. The van der Waals surface area contributed by atoms with E-state index in [1.54, 1.807) is 24.3 Å². The van der Waals surface area contributed by atoms with E-state index in [4.69, 9.17) is 9.47 Å². The first-order valence-electron chi connectivity index (χ1n) is 12.5. The number of hydrogen-bond acceptors (Lipinski definition) is 9. The molecule has 13 heteroatoms. The van der Waals surface area contributed by atoms with Crippen LogP contribution in [-0.2, 0) is 14.8 Å². The van der Waals surface area contributed by atoms with Crippen molar-refractivity contribution in [3.8, 4) is 11.9 Å². The van der Waals surface area contributed by atoms with Crippen molar-refractivity contribution in [1.82, 2.24) is 14.9 Å². The lowest BCUT2D eigenvalue weighted by Crippen LogP contribution is -2.41. The Balaban J connectivity index is 1.18. The molecule has 0 radical (unpaired) electrons. The van der Waals surface area contributed by atoms with Crippen LogP contribution in [0.4, 0.5) is 11.5 Å². The van der Waals surface area contributed by atoms with Crippen molar-refractivity contribution in [1.29, 1.82) is 0 Å². The number of rotatable bonds is 10.